The van der Waals surface area contributed by atoms with Gasteiger partial charge in [-0.3, -0.25) is 9.59 Å². The molecule has 2 amide bonds. The van der Waals surface area contributed by atoms with Gasteiger partial charge in [0.25, 0.3) is 5.91 Å². The molecule has 36 heavy (non-hydrogen) atoms. The predicted octanol–water partition coefficient (Wildman–Crippen LogP) is 4.41. The Kier molecular flexibility index (Phi) is 6.93. The summed E-state index contributed by atoms with van der Waals surface area (Å²) in [6.07, 6.45) is 4.13. The fourth-order valence-electron chi connectivity index (χ4n) is 5.05. The van der Waals surface area contributed by atoms with Crippen LogP contribution in [0.2, 0.25) is 0 Å². The van der Waals surface area contributed by atoms with Crippen LogP contribution in [0.15, 0.2) is 60.8 Å². The molecule has 2 saturated heterocycles. The fourth-order valence-corrected chi connectivity index (χ4v) is 5.05. The van der Waals surface area contributed by atoms with E-state index in [9.17, 15) is 14.0 Å². The quantitative estimate of drug-likeness (QED) is 0.577. The van der Waals surface area contributed by atoms with E-state index in [0.29, 0.717) is 36.7 Å². The van der Waals surface area contributed by atoms with Gasteiger partial charge in [0.1, 0.15) is 5.82 Å². The third-order valence-electron chi connectivity index (χ3n) is 7.29. The number of halogens is 1. The van der Waals surface area contributed by atoms with Crippen LogP contribution >= 0.6 is 0 Å². The average Bonchev–Trinajstić information content (AvgIpc) is 3.42. The normalized spacial score (nSPS) is 18.3. The second kappa shape index (κ2) is 10.4. The van der Waals surface area contributed by atoms with Crippen molar-refractivity contribution in [3.8, 4) is 0 Å². The van der Waals surface area contributed by atoms with Crippen LogP contribution in [0.4, 0.5) is 15.9 Å². The molecular weight excluding hydrogens is 457 g/mol. The molecule has 2 aliphatic rings. The van der Waals surface area contributed by atoms with E-state index in [1.807, 2.05) is 24.3 Å². The molecule has 3 heterocycles. The highest BCUT2D eigenvalue weighted by atomic mass is 19.1. The summed E-state index contributed by atoms with van der Waals surface area (Å²) in [5, 5.41) is 11.1. The molecule has 8 heteroatoms. The third-order valence-corrected chi connectivity index (χ3v) is 7.29. The zero-order chi connectivity index (χ0) is 25.1. The molecule has 2 fully saturated rings. The minimum atomic E-state index is -0.348. The van der Waals surface area contributed by atoms with Crippen molar-refractivity contribution >= 4 is 23.3 Å². The molecule has 0 unspecified atom stereocenters. The molecule has 0 bridgehead atoms. The number of amides is 2. The number of likely N-dealkylation sites (tertiary alicyclic amines) is 1. The van der Waals surface area contributed by atoms with Crippen LogP contribution < -0.4 is 10.2 Å². The van der Waals surface area contributed by atoms with Crippen LogP contribution in [0, 0.1) is 18.7 Å². The van der Waals surface area contributed by atoms with E-state index in [-0.39, 0.29) is 23.5 Å². The molecule has 0 radical (unpaired) electrons. The first-order valence-electron chi connectivity index (χ1n) is 12.5. The van der Waals surface area contributed by atoms with Crippen LogP contribution in [0.25, 0.3) is 0 Å². The Morgan fingerprint density at radius 2 is 1.78 bits per heavy atom. The molecule has 186 valence electrons. The maximum Gasteiger partial charge on any atom is 0.253 e. The van der Waals surface area contributed by atoms with E-state index >= 15 is 0 Å². The Labute approximate surface area is 210 Å². The van der Waals surface area contributed by atoms with Crippen molar-refractivity contribution in [3.63, 3.8) is 0 Å². The summed E-state index contributed by atoms with van der Waals surface area (Å²) in [5.74, 6) is 0.623. The first-order valence-corrected chi connectivity index (χ1v) is 12.5. The fraction of sp³-hybridized carbons (Fsp3) is 0.357. The molecule has 2 aliphatic heterocycles. The van der Waals surface area contributed by atoms with Crippen LogP contribution in [-0.4, -0.2) is 53.1 Å². The first-order chi connectivity index (χ1) is 17.5. The summed E-state index contributed by atoms with van der Waals surface area (Å²) in [6, 6.07) is 16.5. The SMILES string of the molecule is Cc1ccc(C(=O)N2CCC(c3ccc(NC(=O)[C@H]4CCN(c5cccnn5)C4)cc3)CC2)cc1F. The Balaban J connectivity index is 1.12. The van der Waals surface area contributed by atoms with Gasteiger partial charge in [-0.05, 0) is 79.6 Å². The molecule has 0 aliphatic carbocycles. The summed E-state index contributed by atoms with van der Waals surface area (Å²) >= 11 is 0. The van der Waals surface area contributed by atoms with Crippen molar-refractivity contribution in [3.05, 3.63) is 83.3 Å². The number of nitrogens with zero attached hydrogens (tertiary/aromatic N) is 4. The molecule has 7 nitrogen and oxygen atoms in total. The lowest BCUT2D eigenvalue weighted by atomic mass is 9.89. The van der Waals surface area contributed by atoms with E-state index in [4.69, 9.17) is 0 Å². The lowest BCUT2D eigenvalue weighted by Gasteiger charge is -2.32. The van der Waals surface area contributed by atoms with Gasteiger partial charge in [0, 0.05) is 43.6 Å². The summed E-state index contributed by atoms with van der Waals surface area (Å²) in [4.78, 5) is 29.5. The highest BCUT2D eigenvalue weighted by Crippen LogP contribution is 2.30. The van der Waals surface area contributed by atoms with E-state index in [2.05, 4.69) is 32.5 Å². The monoisotopic (exact) mass is 487 g/mol. The van der Waals surface area contributed by atoms with Gasteiger partial charge < -0.3 is 15.1 Å². The maximum atomic E-state index is 13.9. The number of rotatable bonds is 5. The first kappa shape index (κ1) is 23.9. The van der Waals surface area contributed by atoms with Crippen molar-refractivity contribution in [2.45, 2.75) is 32.1 Å². The van der Waals surface area contributed by atoms with Gasteiger partial charge in [0.05, 0.1) is 5.92 Å². The van der Waals surface area contributed by atoms with Crippen molar-refractivity contribution in [1.82, 2.24) is 15.1 Å². The second-order valence-electron chi connectivity index (χ2n) is 9.66. The zero-order valence-electron chi connectivity index (χ0n) is 20.4. The zero-order valence-corrected chi connectivity index (χ0v) is 20.4. The summed E-state index contributed by atoms with van der Waals surface area (Å²) in [5.41, 5.74) is 2.93. The van der Waals surface area contributed by atoms with Gasteiger partial charge in [0.15, 0.2) is 5.82 Å². The van der Waals surface area contributed by atoms with Gasteiger partial charge in [-0.1, -0.05) is 18.2 Å². The molecule has 1 aromatic heterocycles. The number of aromatic nitrogens is 2. The summed E-state index contributed by atoms with van der Waals surface area (Å²) in [7, 11) is 0. The lowest BCUT2D eigenvalue weighted by molar-refractivity contribution is -0.119. The van der Waals surface area contributed by atoms with Gasteiger partial charge in [-0.15, -0.1) is 5.10 Å². The molecular formula is C28H30FN5O2. The number of nitrogens with one attached hydrogen (secondary N) is 1. The van der Waals surface area contributed by atoms with Crippen LogP contribution in [0.5, 0.6) is 0 Å². The second-order valence-corrected chi connectivity index (χ2v) is 9.66. The predicted molar refractivity (Wildman–Crippen MR) is 136 cm³/mol. The molecule has 1 N–H and O–H groups in total. The van der Waals surface area contributed by atoms with Crippen LogP contribution in [-0.2, 0) is 4.79 Å². The minimum absolute atomic E-state index is 0.0218. The van der Waals surface area contributed by atoms with Crippen molar-refractivity contribution in [2.24, 2.45) is 5.92 Å². The largest absolute Gasteiger partial charge is 0.354 e. The number of carbonyl (C=O) groups is 2. The van der Waals surface area contributed by atoms with E-state index in [0.717, 1.165) is 37.3 Å². The number of hydrogen-bond donors (Lipinski definition) is 1. The summed E-state index contributed by atoms with van der Waals surface area (Å²) in [6.45, 7) is 4.39. The van der Waals surface area contributed by atoms with Crippen LogP contribution in [0.3, 0.4) is 0 Å². The topological polar surface area (TPSA) is 78.4 Å². The van der Waals surface area contributed by atoms with Crippen molar-refractivity contribution in [2.75, 3.05) is 36.4 Å². The minimum Gasteiger partial charge on any atom is -0.354 e. The smallest absolute Gasteiger partial charge is 0.253 e. The number of piperidine rings is 1. The Morgan fingerprint density at radius 3 is 2.47 bits per heavy atom. The lowest BCUT2D eigenvalue weighted by Crippen LogP contribution is -2.38. The standard InChI is InChI=1S/C28H30FN5O2/c1-19-4-5-22(17-25(19)29)28(36)33-14-10-21(11-15-33)20-6-8-24(9-7-20)31-27(35)23-12-16-34(18-23)26-3-2-13-30-32-26/h2-9,13,17,21,23H,10-12,14-16,18H2,1H3,(H,31,35)/t23-/m0/s1. The molecule has 1 atom stereocenters. The Bertz CT molecular complexity index is 1230. The molecule has 2 aromatic carbocycles. The van der Waals surface area contributed by atoms with E-state index < -0.39 is 0 Å². The number of benzene rings is 2. The van der Waals surface area contributed by atoms with Gasteiger partial charge in [0.2, 0.25) is 5.91 Å². The van der Waals surface area contributed by atoms with E-state index in [1.54, 1.807) is 30.2 Å². The maximum absolute atomic E-state index is 13.9. The van der Waals surface area contributed by atoms with Crippen LogP contribution in [0.1, 0.15) is 46.7 Å². The molecule has 0 saturated carbocycles. The molecule has 0 spiro atoms. The van der Waals surface area contributed by atoms with Gasteiger partial charge in [-0.2, -0.15) is 5.10 Å². The van der Waals surface area contributed by atoms with Gasteiger partial charge >= 0.3 is 0 Å². The number of hydrogen-bond acceptors (Lipinski definition) is 5. The summed E-state index contributed by atoms with van der Waals surface area (Å²) < 4.78 is 13.9. The highest BCUT2D eigenvalue weighted by molar-refractivity contribution is 5.94. The third kappa shape index (κ3) is 5.22. The van der Waals surface area contributed by atoms with Gasteiger partial charge in [-0.25, -0.2) is 4.39 Å². The molecule has 3 aromatic rings. The number of anilines is 2. The van der Waals surface area contributed by atoms with Crippen molar-refractivity contribution in [1.29, 1.82) is 0 Å². The molecule has 5 rings (SSSR count). The highest BCUT2D eigenvalue weighted by Gasteiger charge is 2.29. The Hall–Kier alpha value is -3.81. The average molecular weight is 488 g/mol. The number of carbonyl (C=O) groups excluding carboxylic acids is 2. The Morgan fingerprint density at radius 1 is 1.00 bits per heavy atom. The number of aryl methyl sites for hydroxylation is 1. The van der Waals surface area contributed by atoms with Crippen molar-refractivity contribution < 1.29 is 14.0 Å². The van der Waals surface area contributed by atoms with E-state index in [1.165, 1.54) is 11.6 Å².